The average molecular weight is 512 g/mol. The Labute approximate surface area is 214 Å². The van der Waals surface area contributed by atoms with Gasteiger partial charge in [0.15, 0.2) is 0 Å². The highest BCUT2D eigenvalue weighted by Crippen LogP contribution is 2.30. The van der Waals surface area contributed by atoms with E-state index in [1.807, 2.05) is 44.2 Å². The van der Waals surface area contributed by atoms with E-state index in [0.717, 1.165) is 34.3 Å². The molecule has 1 aliphatic heterocycles. The Balaban J connectivity index is 1.64. The number of carbonyl (C=O) groups excluding carboxylic acids is 2. The molecule has 0 aliphatic carbocycles. The summed E-state index contributed by atoms with van der Waals surface area (Å²) in [5.41, 5.74) is 3.35. The van der Waals surface area contributed by atoms with Crippen LogP contribution in [-0.4, -0.2) is 52.2 Å². The van der Waals surface area contributed by atoms with Crippen molar-refractivity contribution in [2.24, 2.45) is 4.99 Å². The zero-order valence-electron chi connectivity index (χ0n) is 20.5. The number of aryl methyl sites for hydroxylation is 2. The molecule has 36 heavy (non-hydrogen) atoms. The molecule has 10 heteroatoms. The number of rotatable bonds is 8. The molecule has 9 nitrogen and oxygen atoms in total. The first-order chi connectivity index (χ1) is 17.3. The van der Waals surface area contributed by atoms with Crippen LogP contribution in [0.2, 0.25) is 5.02 Å². The summed E-state index contributed by atoms with van der Waals surface area (Å²) in [5.74, 6) is 1.01. The molecular formula is C26H30ClN5O4. The van der Waals surface area contributed by atoms with Crippen LogP contribution in [0.1, 0.15) is 37.2 Å². The van der Waals surface area contributed by atoms with Crippen molar-refractivity contribution in [3.63, 3.8) is 0 Å². The van der Waals surface area contributed by atoms with Crippen LogP contribution in [0.5, 0.6) is 0 Å². The first kappa shape index (κ1) is 25.5. The third-order valence-electron chi connectivity index (χ3n) is 6.10. The lowest BCUT2D eigenvalue weighted by Gasteiger charge is -2.42. The first-order valence-electron chi connectivity index (χ1n) is 11.9. The maximum Gasteiger partial charge on any atom is 0.327 e. The van der Waals surface area contributed by atoms with Gasteiger partial charge in [0.25, 0.3) is 0 Å². The fraction of sp³-hybridized carbons (Fsp3) is 0.346. The summed E-state index contributed by atoms with van der Waals surface area (Å²) < 4.78 is 5.90. The third-order valence-corrected chi connectivity index (χ3v) is 6.35. The van der Waals surface area contributed by atoms with Gasteiger partial charge in [-0.3, -0.25) is 19.9 Å². The number of hydrogen-bond donors (Lipinski definition) is 3. The molecule has 1 fully saturated rings. The fourth-order valence-corrected chi connectivity index (χ4v) is 4.30. The smallest absolute Gasteiger partial charge is 0.327 e. The van der Waals surface area contributed by atoms with E-state index >= 15 is 0 Å². The summed E-state index contributed by atoms with van der Waals surface area (Å²) >= 11 is 6.04. The summed E-state index contributed by atoms with van der Waals surface area (Å²) in [5, 5.41) is 18.3. The number of fused-ring (bicyclic) bond motifs is 1. The zero-order valence-corrected chi connectivity index (χ0v) is 21.3. The molecule has 2 aromatic carbocycles. The predicted molar refractivity (Wildman–Crippen MR) is 139 cm³/mol. The zero-order chi connectivity index (χ0) is 25.8. The number of carbonyl (C=O) groups is 2. The number of furan rings is 1. The lowest BCUT2D eigenvalue weighted by molar-refractivity contribution is -0.119. The third kappa shape index (κ3) is 5.63. The number of nitrogens with zero attached hydrogens (tertiary/aromatic N) is 3. The van der Waals surface area contributed by atoms with Gasteiger partial charge in [-0.2, -0.15) is 0 Å². The van der Waals surface area contributed by atoms with Crippen molar-refractivity contribution >= 4 is 46.2 Å². The van der Waals surface area contributed by atoms with Crippen LogP contribution >= 0.6 is 11.6 Å². The van der Waals surface area contributed by atoms with E-state index < -0.39 is 12.4 Å². The van der Waals surface area contributed by atoms with E-state index in [9.17, 15) is 14.7 Å². The van der Waals surface area contributed by atoms with Crippen LogP contribution < -0.4 is 10.6 Å². The van der Waals surface area contributed by atoms with E-state index in [0.29, 0.717) is 23.7 Å². The number of nitrogens with one attached hydrogen (secondary N) is 2. The molecule has 1 atom stereocenters. The Morgan fingerprint density at radius 1 is 1.22 bits per heavy atom. The number of amides is 3. The van der Waals surface area contributed by atoms with Gasteiger partial charge >= 0.3 is 6.03 Å². The Kier molecular flexibility index (Phi) is 7.81. The van der Waals surface area contributed by atoms with Crippen LogP contribution in [0.25, 0.3) is 11.0 Å². The maximum absolute atomic E-state index is 12.9. The van der Waals surface area contributed by atoms with Crippen molar-refractivity contribution in [1.29, 1.82) is 0 Å². The van der Waals surface area contributed by atoms with Crippen LogP contribution in [0, 0.1) is 6.92 Å². The van der Waals surface area contributed by atoms with Gasteiger partial charge in [-0.1, -0.05) is 30.7 Å². The molecule has 0 radical (unpaired) electrons. The topological polar surface area (TPSA) is 110 Å². The second-order valence-corrected chi connectivity index (χ2v) is 9.12. The van der Waals surface area contributed by atoms with Gasteiger partial charge in [-0.15, -0.1) is 0 Å². The Morgan fingerprint density at radius 2 is 1.97 bits per heavy atom. The molecule has 1 aromatic heterocycles. The lowest BCUT2D eigenvalue weighted by Crippen LogP contribution is -2.65. The molecule has 0 saturated carbocycles. The number of guanidine groups is 1. The van der Waals surface area contributed by atoms with Gasteiger partial charge in [0.05, 0.1) is 12.2 Å². The minimum absolute atomic E-state index is 0.145. The number of hydrogen-bond acceptors (Lipinski definition) is 5. The van der Waals surface area contributed by atoms with E-state index in [4.69, 9.17) is 21.0 Å². The van der Waals surface area contributed by atoms with Crippen molar-refractivity contribution in [2.45, 2.75) is 46.5 Å². The molecule has 190 valence electrons. The summed E-state index contributed by atoms with van der Waals surface area (Å²) in [7, 11) is 0. The summed E-state index contributed by atoms with van der Waals surface area (Å²) in [4.78, 5) is 31.7. The maximum atomic E-state index is 12.9. The molecule has 4 rings (SSSR count). The molecule has 0 spiro atoms. The molecule has 3 N–H and O–H groups in total. The van der Waals surface area contributed by atoms with Crippen LogP contribution in [-0.2, 0) is 17.8 Å². The van der Waals surface area contributed by atoms with Crippen molar-refractivity contribution in [2.75, 3.05) is 13.1 Å². The number of aliphatic hydroxyl groups is 1. The highest BCUT2D eigenvalue weighted by molar-refractivity contribution is 6.30. The van der Waals surface area contributed by atoms with Crippen LogP contribution in [0.15, 0.2) is 51.9 Å². The van der Waals surface area contributed by atoms with E-state index in [1.165, 1.54) is 11.8 Å². The normalized spacial score (nSPS) is 17.1. The standard InChI is InChI=1S/C26H30ClN5O4/c1-4-22-16(2)21-14-20(10-11-23(21)36-22)29-24-30-25(34)31(13-5-12-28-17(3)33)26(35)32(24)15-18-6-8-19(27)9-7-18/h6-11,14,26,35H,4-5,12-13,15H2,1-3H3,(H,28,33)(H,29,30,34). The van der Waals surface area contributed by atoms with Crippen LogP contribution in [0.4, 0.5) is 10.5 Å². The molecule has 0 bridgehead atoms. The van der Waals surface area contributed by atoms with Gasteiger partial charge in [0, 0.05) is 36.8 Å². The SMILES string of the molecule is CCc1oc2ccc(N=C3NC(=O)N(CCCNC(C)=O)C(O)N3Cc3ccc(Cl)cc3)cc2c1C. The van der Waals surface area contributed by atoms with Gasteiger partial charge in [-0.25, -0.2) is 9.79 Å². The van der Waals surface area contributed by atoms with Gasteiger partial charge < -0.3 is 14.8 Å². The van der Waals surface area contributed by atoms with Crippen molar-refractivity contribution in [1.82, 2.24) is 20.4 Å². The van der Waals surface area contributed by atoms with Gasteiger partial charge in [-0.05, 0) is 54.8 Å². The minimum atomic E-state index is -1.25. The fourth-order valence-electron chi connectivity index (χ4n) is 4.18. The number of aliphatic hydroxyl groups excluding tert-OH is 1. The largest absolute Gasteiger partial charge is 0.461 e. The summed E-state index contributed by atoms with van der Waals surface area (Å²) in [6, 6.07) is 12.4. The second-order valence-electron chi connectivity index (χ2n) is 8.68. The quantitative estimate of drug-likeness (QED) is 0.391. The number of aliphatic imine (C=N–C) groups is 1. The summed E-state index contributed by atoms with van der Waals surface area (Å²) in [6.07, 6.45) is 0.0254. The monoisotopic (exact) mass is 511 g/mol. The molecule has 1 saturated heterocycles. The average Bonchev–Trinajstić information content (AvgIpc) is 3.17. The molecule has 3 aromatic rings. The van der Waals surface area contributed by atoms with E-state index in [2.05, 4.69) is 10.6 Å². The Bertz CT molecular complexity index is 1290. The molecule has 1 unspecified atom stereocenters. The first-order valence-corrected chi connectivity index (χ1v) is 12.3. The van der Waals surface area contributed by atoms with Crippen molar-refractivity contribution in [3.05, 3.63) is 64.4 Å². The molecule has 3 amide bonds. The van der Waals surface area contributed by atoms with Crippen molar-refractivity contribution in [3.8, 4) is 0 Å². The number of urea groups is 1. The van der Waals surface area contributed by atoms with Gasteiger partial charge in [0.2, 0.25) is 18.2 Å². The molecular weight excluding hydrogens is 482 g/mol. The van der Waals surface area contributed by atoms with Crippen molar-refractivity contribution < 1.29 is 19.1 Å². The Hall–Kier alpha value is -3.56. The number of benzene rings is 2. The number of halogens is 1. The highest BCUT2D eigenvalue weighted by Gasteiger charge is 2.36. The van der Waals surface area contributed by atoms with E-state index in [-0.39, 0.29) is 25.0 Å². The molecule has 2 heterocycles. The van der Waals surface area contributed by atoms with Crippen LogP contribution in [0.3, 0.4) is 0 Å². The molecule has 1 aliphatic rings. The predicted octanol–water partition coefficient (Wildman–Crippen LogP) is 4.27. The van der Waals surface area contributed by atoms with E-state index in [1.54, 1.807) is 17.0 Å². The lowest BCUT2D eigenvalue weighted by atomic mass is 10.1. The summed E-state index contributed by atoms with van der Waals surface area (Å²) in [6.45, 7) is 6.42. The van der Waals surface area contributed by atoms with Gasteiger partial charge in [0.1, 0.15) is 11.3 Å². The second kappa shape index (κ2) is 11.0. The minimum Gasteiger partial charge on any atom is -0.461 e. The highest BCUT2D eigenvalue weighted by atomic mass is 35.5. The Morgan fingerprint density at radius 3 is 2.67 bits per heavy atom.